The van der Waals surface area contributed by atoms with Crippen LogP contribution in [0.4, 0.5) is 0 Å². The predicted octanol–water partition coefficient (Wildman–Crippen LogP) is 10.9. The van der Waals surface area contributed by atoms with Gasteiger partial charge in [-0.2, -0.15) is 0 Å². The summed E-state index contributed by atoms with van der Waals surface area (Å²) in [6, 6.07) is 46.2. The van der Waals surface area contributed by atoms with Gasteiger partial charge >= 0.3 is 0 Å². The fraction of sp³-hybridized carbons (Fsp3) is 0.143. The maximum atomic E-state index is 12.0. The molecule has 6 rings (SSSR count). The smallest absolute Gasteiger partial charge is 0.240 e. The van der Waals surface area contributed by atoms with Crippen LogP contribution >= 0.6 is 0 Å². The average molecular weight is 691 g/mol. The van der Waals surface area contributed by atoms with Gasteiger partial charge in [-0.25, -0.2) is 8.42 Å². The maximum absolute atomic E-state index is 12.0. The summed E-state index contributed by atoms with van der Waals surface area (Å²) in [5.74, 6) is 3.03. The number of rotatable bonds is 8. The molecule has 2 unspecified atom stereocenters. The van der Waals surface area contributed by atoms with Gasteiger partial charge in [0.05, 0.1) is 9.79 Å². The fourth-order valence-electron chi connectivity index (χ4n) is 4.39. The highest BCUT2D eigenvalue weighted by molar-refractivity contribution is 7.80. The van der Waals surface area contributed by atoms with E-state index in [4.69, 9.17) is 13.1 Å². The third kappa shape index (κ3) is 12.9. The standard InChI is InChI=1S/2C14H14O2S.C14H14O/c1-11-3-7-13(8-4-11)16-17(15)14-9-5-12(2)6-10-14;1-11-5-3-7-13(9-11)16-17(15)14-8-4-6-12(2)10-14;1-11-5-3-7-13(9-11)15-14-8-4-6-12(2)10-14/h2*3-10H,1-2H3;3-10H,1-2H3. The Morgan fingerprint density at radius 3 is 1.22 bits per heavy atom. The lowest BCUT2D eigenvalue weighted by atomic mass is 10.2. The molecule has 5 nitrogen and oxygen atoms in total. The molecule has 0 aromatic heterocycles. The van der Waals surface area contributed by atoms with Gasteiger partial charge in [-0.15, -0.1) is 0 Å². The van der Waals surface area contributed by atoms with Crippen molar-refractivity contribution in [3.8, 4) is 23.0 Å². The average Bonchev–Trinajstić information content (AvgIpc) is 3.07. The van der Waals surface area contributed by atoms with Gasteiger partial charge in [-0.3, -0.25) is 0 Å². The van der Waals surface area contributed by atoms with Crippen LogP contribution in [0, 0.1) is 41.5 Å². The number of benzene rings is 6. The molecule has 0 saturated heterocycles. The minimum atomic E-state index is -1.45. The summed E-state index contributed by atoms with van der Waals surface area (Å²) in [6.45, 7) is 12.1. The van der Waals surface area contributed by atoms with Crippen molar-refractivity contribution in [2.24, 2.45) is 0 Å². The van der Waals surface area contributed by atoms with Gasteiger partial charge in [0, 0.05) is 0 Å². The first-order chi connectivity index (χ1) is 23.5. The molecule has 0 saturated carbocycles. The van der Waals surface area contributed by atoms with E-state index >= 15 is 0 Å². The highest BCUT2D eigenvalue weighted by Gasteiger charge is 2.07. The lowest BCUT2D eigenvalue weighted by Crippen LogP contribution is -2.01. The van der Waals surface area contributed by atoms with Crippen LogP contribution in [-0.2, 0) is 22.2 Å². The normalized spacial score (nSPS) is 11.5. The Balaban J connectivity index is 0.000000166. The first kappa shape index (κ1) is 36.8. The molecular formula is C42H42O5S2. The van der Waals surface area contributed by atoms with Gasteiger partial charge < -0.3 is 13.1 Å². The monoisotopic (exact) mass is 690 g/mol. The van der Waals surface area contributed by atoms with Gasteiger partial charge in [-0.1, -0.05) is 83.9 Å². The number of hydrogen-bond acceptors (Lipinski definition) is 5. The van der Waals surface area contributed by atoms with Crippen molar-refractivity contribution >= 4 is 22.2 Å². The first-order valence-electron chi connectivity index (χ1n) is 15.8. The molecule has 0 aliphatic rings. The predicted molar refractivity (Wildman–Crippen MR) is 201 cm³/mol. The minimum absolute atomic E-state index is 0.620. The molecule has 0 aliphatic heterocycles. The molecule has 0 heterocycles. The summed E-state index contributed by atoms with van der Waals surface area (Å²) in [6.07, 6.45) is 0. The zero-order chi connectivity index (χ0) is 35.2. The quantitative estimate of drug-likeness (QED) is 0.159. The zero-order valence-electron chi connectivity index (χ0n) is 28.7. The van der Waals surface area contributed by atoms with Crippen molar-refractivity contribution in [2.45, 2.75) is 51.3 Å². The highest BCUT2D eigenvalue weighted by atomic mass is 32.2. The summed E-state index contributed by atoms with van der Waals surface area (Å²) >= 11 is -2.90. The van der Waals surface area contributed by atoms with E-state index in [1.54, 1.807) is 12.1 Å². The van der Waals surface area contributed by atoms with Crippen LogP contribution in [0.25, 0.3) is 0 Å². The van der Waals surface area contributed by atoms with Crippen LogP contribution in [0.15, 0.2) is 155 Å². The van der Waals surface area contributed by atoms with Gasteiger partial charge in [-0.05, 0) is 137 Å². The molecule has 0 fully saturated rings. The SMILES string of the molecule is Cc1ccc(OS(=O)c2ccc(C)cc2)cc1.Cc1cccc(OS(=O)c2cccc(C)c2)c1.Cc1cccc(Oc2cccc(C)c2)c1. The van der Waals surface area contributed by atoms with Crippen LogP contribution in [-0.4, -0.2) is 8.42 Å². The third-order valence-electron chi connectivity index (χ3n) is 6.96. The topological polar surface area (TPSA) is 61.8 Å². The van der Waals surface area contributed by atoms with E-state index in [9.17, 15) is 8.42 Å². The summed E-state index contributed by atoms with van der Waals surface area (Å²) in [5, 5.41) is 0. The molecule has 6 aromatic rings. The van der Waals surface area contributed by atoms with E-state index in [1.807, 2.05) is 149 Å². The number of hydrogen-bond donors (Lipinski definition) is 0. The van der Waals surface area contributed by atoms with Crippen molar-refractivity contribution in [1.82, 2.24) is 0 Å². The second kappa shape index (κ2) is 18.5. The Labute approximate surface area is 295 Å². The molecular weight excluding hydrogens is 649 g/mol. The van der Waals surface area contributed by atoms with Crippen LogP contribution in [0.3, 0.4) is 0 Å². The van der Waals surface area contributed by atoms with Crippen LogP contribution in [0.2, 0.25) is 0 Å². The first-order valence-corrected chi connectivity index (χ1v) is 18.0. The van der Waals surface area contributed by atoms with Crippen molar-refractivity contribution in [3.63, 3.8) is 0 Å². The summed E-state index contributed by atoms with van der Waals surface area (Å²) in [4.78, 5) is 1.36. The van der Waals surface area contributed by atoms with E-state index in [2.05, 4.69) is 26.0 Å². The molecule has 0 bridgehead atoms. The Morgan fingerprint density at radius 2 is 0.735 bits per heavy atom. The summed E-state index contributed by atoms with van der Waals surface area (Å²) in [5.41, 5.74) is 6.87. The summed E-state index contributed by atoms with van der Waals surface area (Å²) in [7, 11) is 0. The lowest BCUT2D eigenvalue weighted by Gasteiger charge is -2.06. The van der Waals surface area contributed by atoms with Crippen molar-refractivity contribution in [1.29, 1.82) is 0 Å². The molecule has 7 heteroatoms. The lowest BCUT2D eigenvalue weighted by molar-refractivity contribution is 0.482. The van der Waals surface area contributed by atoms with Crippen LogP contribution in [0.5, 0.6) is 23.0 Å². The fourth-order valence-corrected chi connectivity index (χ4v) is 5.98. The molecule has 0 radical (unpaired) electrons. The summed E-state index contributed by atoms with van der Waals surface area (Å²) < 4.78 is 40.4. The number of aryl methyl sites for hydroxylation is 6. The molecule has 0 aliphatic carbocycles. The van der Waals surface area contributed by atoms with E-state index in [0.29, 0.717) is 21.3 Å². The minimum Gasteiger partial charge on any atom is -0.457 e. The van der Waals surface area contributed by atoms with Crippen molar-refractivity contribution in [2.75, 3.05) is 0 Å². The van der Waals surface area contributed by atoms with Crippen LogP contribution in [0.1, 0.15) is 33.4 Å². The largest absolute Gasteiger partial charge is 0.457 e. The van der Waals surface area contributed by atoms with Gasteiger partial charge in [0.25, 0.3) is 0 Å². The zero-order valence-corrected chi connectivity index (χ0v) is 30.3. The highest BCUT2D eigenvalue weighted by Crippen LogP contribution is 2.23. The molecule has 2 atom stereocenters. The molecule has 252 valence electrons. The van der Waals surface area contributed by atoms with Crippen LogP contribution < -0.4 is 13.1 Å². The Hall–Kier alpha value is -4.98. The third-order valence-corrected chi connectivity index (χ3v) is 8.95. The Kier molecular flexibility index (Phi) is 13.9. The molecule has 49 heavy (non-hydrogen) atoms. The molecule has 6 aromatic carbocycles. The van der Waals surface area contributed by atoms with Gasteiger partial charge in [0.15, 0.2) is 0 Å². The van der Waals surface area contributed by atoms with Gasteiger partial charge in [0.2, 0.25) is 22.2 Å². The van der Waals surface area contributed by atoms with Crippen molar-refractivity contribution in [3.05, 3.63) is 179 Å². The van der Waals surface area contributed by atoms with E-state index in [-0.39, 0.29) is 0 Å². The second-order valence-electron chi connectivity index (χ2n) is 11.6. The number of ether oxygens (including phenoxy) is 1. The molecule has 0 spiro atoms. The van der Waals surface area contributed by atoms with Crippen molar-refractivity contribution < 1.29 is 21.5 Å². The Bertz CT molecular complexity index is 1940. The van der Waals surface area contributed by atoms with E-state index in [0.717, 1.165) is 33.8 Å². The second-order valence-corrected chi connectivity index (χ2v) is 13.8. The molecule has 0 N–H and O–H groups in total. The van der Waals surface area contributed by atoms with Gasteiger partial charge in [0.1, 0.15) is 23.0 Å². The maximum Gasteiger partial charge on any atom is 0.240 e. The Morgan fingerprint density at radius 1 is 0.347 bits per heavy atom. The van der Waals surface area contributed by atoms with E-state index in [1.165, 1.54) is 11.1 Å². The van der Waals surface area contributed by atoms with E-state index < -0.39 is 22.2 Å². The molecule has 0 amide bonds.